The molecule has 112 valence electrons. The molecule has 1 atom stereocenters. The van der Waals surface area contributed by atoms with Crippen LogP contribution in [0.4, 0.5) is 10.5 Å². The van der Waals surface area contributed by atoms with Gasteiger partial charge in [-0.1, -0.05) is 0 Å². The van der Waals surface area contributed by atoms with E-state index in [4.69, 9.17) is 0 Å². The number of hydrogen-bond acceptors (Lipinski definition) is 4. The summed E-state index contributed by atoms with van der Waals surface area (Å²) >= 11 is 1.45. The van der Waals surface area contributed by atoms with Crippen LogP contribution in [0.5, 0.6) is 0 Å². The molecule has 0 saturated carbocycles. The first-order valence-corrected chi connectivity index (χ1v) is 7.99. The number of benzene rings is 1. The molecule has 5 nitrogen and oxygen atoms in total. The number of aliphatic hydroxyl groups is 1. The summed E-state index contributed by atoms with van der Waals surface area (Å²) in [6.45, 7) is 3.22. The molecule has 1 aromatic carbocycles. The van der Waals surface area contributed by atoms with Crippen molar-refractivity contribution in [2.24, 2.45) is 5.92 Å². The lowest BCUT2D eigenvalue weighted by molar-refractivity contribution is 0.0820. The zero-order chi connectivity index (χ0) is 14.8. The van der Waals surface area contributed by atoms with Crippen LogP contribution < -0.4 is 5.32 Å². The van der Waals surface area contributed by atoms with Crippen LogP contribution in [-0.2, 0) is 0 Å². The molecule has 2 N–H and O–H groups in total. The topological polar surface area (TPSA) is 65.5 Å². The summed E-state index contributed by atoms with van der Waals surface area (Å²) in [6, 6.07) is 5.75. The van der Waals surface area contributed by atoms with Gasteiger partial charge in [0.15, 0.2) is 0 Å². The van der Waals surface area contributed by atoms with Crippen LogP contribution in [0, 0.1) is 5.92 Å². The summed E-state index contributed by atoms with van der Waals surface area (Å²) in [5.41, 5.74) is 0.797. The van der Waals surface area contributed by atoms with Crippen molar-refractivity contribution in [1.29, 1.82) is 0 Å². The highest BCUT2D eigenvalue weighted by Gasteiger charge is 2.25. The Kier molecular flexibility index (Phi) is 4.07. The van der Waals surface area contributed by atoms with Crippen molar-refractivity contribution in [3.8, 4) is 0 Å². The minimum Gasteiger partial charge on any atom is -0.393 e. The van der Waals surface area contributed by atoms with E-state index in [1.165, 1.54) is 11.5 Å². The number of nitrogens with zero attached hydrogens (tertiary/aromatic N) is 2. The highest BCUT2D eigenvalue weighted by molar-refractivity contribution is 7.13. The first-order valence-electron chi connectivity index (χ1n) is 7.22. The number of carbonyl (C=O) groups is 1. The van der Waals surface area contributed by atoms with E-state index in [0.29, 0.717) is 19.0 Å². The number of aliphatic hydroxyl groups excluding tert-OH is 1. The fourth-order valence-electron chi connectivity index (χ4n) is 2.74. The Bertz CT molecular complexity index is 633. The third kappa shape index (κ3) is 3.16. The van der Waals surface area contributed by atoms with Gasteiger partial charge < -0.3 is 15.3 Å². The van der Waals surface area contributed by atoms with Gasteiger partial charge in [-0.25, -0.2) is 4.79 Å². The quantitative estimate of drug-likeness (QED) is 0.896. The zero-order valence-corrected chi connectivity index (χ0v) is 12.8. The molecular formula is C15H19N3O2S. The predicted octanol–water partition coefficient (Wildman–Crippen LogP) is 2.92. The van der Waals surface area contributed by atoms with Crippen molar-refractivity contribution < 1.29 is 9.90 Å². The fourth-order valence-corrected chi connectivity index (χ4v) is 3.36. The van der Waals surface area contributed by atoms with Crippen LogP contribution >= 0.6 is 11.5 Å². The number of fused-ring (bicyclic) bond motifs is 1. The molecule has 1 fully saturated rings. The minimum atomic E-state index is -0.288. The van der Waals surface area contributed by atoms with E-state index in [1.54, 1.807) is 0 Å². The lowest BCUT2D eigenvalue weighted by Crippen LogP contribution is -2.42. The Hall–Kier alpha value is -1.66. The third-order valence-corrected chi connectivity index (χ3v) is 4.89. The van der Waals surface area contributed by atoms with Crippen LogP contribution in [0.2, 0.25) is 0 Å². The molecule has 0 spiro atoms. The number of aromatic nitrogens is 1. The molecule has 2 amide bonds. The summed E-state index contributed by atoms with van der Waals surface area (Å²) in [5, 5.41) is 13.6. The van der Waals surface area contributed by atoms with E-state index in [9.17, 15) is 9.90 Å². The van der Waals surface area contributed by atoms with Gasteiger partial charge in [0.25, 0.3) is 0 Å². The first kappa shape index (κ1) is 14.3. The van der Waals surface area contributed by atoms with Crippen molar-refractivity contribution in [3.05, 3.63) is 24.4 Å². The number of likely N-dealkylation sites (tertiary alicyclic amines) is 1. The molecular weight excluding hydrogens is 286 g/mol. The number of piperidine rings is 1. The average molecular weight is 305 g/mol. The number of nitrogens with one attached hydrogen (secondary N) is 1. The first-order chi connectivity index (χ1) is 10.1. The third-order valence-electron chi connectivity index (χ3n) is 4.11. The SMILES string of the molecule is C[C@H](O)C1CCN(C(=O)Nc2ccc3sncc3c2)CC1. The monoisotopic (exact) mass is 305 g/mol. The van der Waals surface area contributed by atoms with Crippen molar-refractivity contribution in [3.63, 3.8) is 0 Å². The number of hydrogen-bond donors (Lipinski definition) is 2. The van der Waals surface area contributed by atoms with E-state index in [0.717, 1.165) is 28.6 Å². The molecule has 6 heteroatoms. The van der Waals surface area contributed by atoms with Crippen LogP contribution in [0.15, 0.2) is 24.4 Å². The summed E-state index contributed by atoms with van der Waals surface area (Å²) in [7, 11) is 0. The lowest BCUT2D eigenvalue weighted by Gasteiger charge is -2.33. The van der Waals surface area contributed by atoms with Gasteiger partial charge in [-0.05, 0) is 55.4 Å². The molecule has 3 rings (SSSR count). The largest absolute Gasteiger partial charge is 0.393 e. The fraction of sp³-hybridized carbons (Fsp3) is 0.467. The van der Waals surface area contributed by atoms with Crippen LogP contribution in [0.1, 0.15) is 19.8 Å². The van der Waals surface area contributed by atoms with Gasteiger partial charge in [-0.2, -0.15) is 4.37 Å². The van der Waals surface area contributed by atoms with Gasteiger partial charge in [0, 0.05) is 30.4 Å². The van der Waals surface area contributed by atoms with E-state index in [-0.39, 0.29) is 12.1 Å². The number of anilines is 1. The highest BCUT2D eigenvalue weighted by Crippen LogP contribution is 2.24. The van der Waals surface area contributed by atoms with Gasteiger partial charge in [0.2, 0.25) is 0 Å². The van der Waals surface area contributed by atoms with Gasteiger partial charge in [-0.15, -0.1) is 0 Å². The second-order valence-electron chi connectivity index (χ2n) is 5.57. The Morgan fingerprint density at radius 3 is 2.95 bits per heavy atom. The van der Waals surface area contributed by atoms with E-state index in [2.05, 4.69) is 9.69 Å². The zero-order valence-electron chi connectivity index (χ0n) is 12.0. The van der Waals surface area contributed by atoms with Gasteiger partial charge in [-0.3, -0.25) is 0 Å². The highest BCUT2D eigenvalue weighted by atomic mass is 32.1. The summed E-state index contributed by atoms with van der Waals surface area (Å²) in [4.78, 5) is 14.1. The number of rotatable bonds is 2. The summed E-state index contributed by atoms with van der Waals surface area (Å²) in [5.74, 6) is 0.308. The minimum absolute atomic E-state index is 0.0680. The van der Waals surface area contributed by atoms with Gasteiger partial charge in [0.05, 0.1) is 10.8 Å². The Labute approximate surface area is 127 Å². The van der Waals surface area contributed by atoms with E-state index in [1.807, 2.05) is 36.2 Å². The molecule has 1 aromatic heterocycles. The number of amides is 2. The maximum atomic E-state index is 12.3. The molecule has 0 bridgehead atoms. The molecule has 2 aromatic rings. The van der Waals surface area contributed by atoms with Crippen molar-refractivity contribution >= 4 is 33.3 Å². The molecule has 0 unspecified atom stereocenters. The number of carbonyl (C=O) groups excluding carboxylic acids is 1. The second-order valence-corrected chi connectivity index (χ2v) is 6.41. The van der Waals surface area contributed by atoms with E-state index >= 15 is 0 Å². The van der Waals surface area contributed by atoms with Crippen LogP contribution in [0.3, 0.4) is 0 Å². The molecule has 21 heavy (non-hydrogen) atoms. The van der Waals surface area contributed by atoms with Crippen LogP contribution in [-0.4, -0.2) is 39.6 Å². The molecule has 0 radical (unpaired) electrons. The van der Waals surface area contributed by atoms with Crippen molar-refractivity contribution in [1.82, 2.24) is 9.27 Å². The standard InChI is InChI=1S/C15H19N3O2S/c1-10(19)11-4-6-18(7-5-11)15(20)17-13-2-3-14-12(8-13)9-16-21-14/h2-3,8-11,19H,4-7H2,1H3,(H,17,20)/t10-/m0/s1. The maximum absolute atomic E-state index is 12.3. The molecule has 1 aliphatic heterocycles. The normalized spacial score (nSPS) is 17.9. The summed E-state index contributed by atoms with van der Waals surface area (Å²) in [6.07, 6.45) is 3.24. The van der Waals surface area contributed by atoms with Crippen molar-refractivity contribution in [2.45, 2.75) is 25.9 Å². The van der Waals surface area contributed by atoms with Gasteiger partial charge in [0.1, 0.15) is 0 Å². The molecule has 1 saturated heterocycles. The Balaban J connectivity index is 1.61. The van der Waals surface area contributed by atoms with Crippen LogP contribution in [0.25, 0.3) is 10.1 Å². The lowest BCUT2D eigenvalue weighted by atomic mass is 9.92. The van der Waals surface area contributed by atoms with Crippen molar-refractivity contribution in [2.75, 3.05) is 18.4 Å². The molecule has 2 heterocycles. The predicted molar refractivity (Wildman–Crippen MR) is 84.6 cm³/mol. The van der Waals surface area contributed by atoms with Gasteiger partial charge >= 0.3 is 6.03 Å². The smallest absolute Gasteiger partial charge is 0.321 e. The Morgan fingerprint density at radius 1 is 1.48 bits per heavy atom. The number of urea groups is 1. The second kappa shape index (κ2) is 5.99. The summed E-state index contributed by atoms with van der Waals surface area (Å²) < 4.78 is 5.25. The molecule has 0 aliphatic carbocycles. The average Bonchev–Trinajstić information content (AvgIpc) is 2.95. The Morgan fingerprint density at radius 2 is 2.24 bits per heavy atom. The van der Waals surface area contributed by atoms with E-state index < -0.39 is 0 Å². The maximum Gasteiger partial charge on any atom is 0.321 e. The molecule has 1 aliphatic rings.